The lowest BCUT2D eigenvalue weighted by Gasteiger charge is -2.08. The molecule has 0 aliphatic heterocycles. The van der Waals surface area contributed by atoms with E-state index in [0.29, 0.717) is 28.3 Å². The van der Waals surface area contributed by atoms with Gasteiger partial charge in [-0.2, -0.15) is 0 Å². The first-order valence-corrected chi connectivity index (χ1v) is 9.35. The Kier molecular flexibility index (Phi) is 3.33. The maximum absolute atomic E-state index is 13.0. The van der Waals surface area contributed by atoms with Crippen LogP contribution in [0.3, 0.4) is 0 Å². The van der Waals surface area contributed by atoms with Crippen LogP contribution in [0.4, 0.5) is 5.69 Å². The Labute approximate surface area is 153 Å². The molecule has 0 saturated heterocycles. The standard InChI is InChI=1S/C19H16N4O2S/c1-9-17-13(8-15(11-3-4-11)22-19(17)25-23-9)18(24)21-12-5-6-14-16(7-12)26-10(2)20-14/h5-8,11H,3-4H2,1-2H3,(H,21,24). The van der Waals surface area contributed by atoms with Gasteiger partial charge in [-0.1, -0.05) is 5.16 Å². The summed E-state index contributed by atoms with van der Waals surface area (Å²) in [6.07, 6.45) is 2.21. The number of nitrogens with one attached hydrogen (secondary N) is 1. The maximum atomic E-state index is 13.0. The van der Waals surface area contributed by atoms with E-state index in [9.17, 15) is 4.79 Å². The molecule has 1 N–H and O–H groups in total. The number of fused-ring (bicyclic) bond motifs is 2. The van der Waals surface area contributed by atoms with E-state index in [2.05, 4.69) is 20.4 Å². The molecule has 6 nitrogen and oxygen atoms in total. The van der Waals surface area contributed by atoms with Gasteiger partial charge in [0.2, 0.25) is 0 Å². The number of aryl methyl sites for hydroxylation is 2. The lowest BCUT2D eigenvalue weighted by atomic mass is 10.1. The molecule has 4 aromatic rings. The van der Waals surface area contributed by atoms with Gasteiger partial charge in [-0.15, -0.1) is 11.3 Å². The minimum absolute atomic E-state index is 0.175. The minimum atomic E-state index is -0.175. The van der Waals surface area contributed by atoms with Gasteiger partial charge in [0, 0.05) is 17.3 Å². The normalized spacial score (nSPS) is 14.2. The van der Waals surface area contributed by atoms with Crippen LogP contribution in [0.15, 0.2) is 28.8 Å². The highest BCUT2D eigenvalue weighted by Gasteiger charge is 2.28. The van der Waals surface area contributed by atoms with E-state index in [1.807, 2.05) is 38.1 Å². The third kappa shape index (κ3) is 2.55. The average molecular weight is 364 g/mol. The Bertz CT molecular complexity index is 1170. The number of pyridine rings is 1. The molecule has 0 bridgehead atoms. The zero-order valence-electron chi connectivity index (χ0n) is 14.4. The van der Waals surface area contributed by atoms with Crippen molar-refractivity contribution in [3.8, 4) is 0 Å². The molecule has 1 saturated carbocycles. The van der Waals surface area contributed by atoms with Crippen molar-refractivity contribution in [1.82, 2.24) is 15.1 Å². The van der Waals surface area contributed by atoms with Crippen molar-refractivity contribution in [2.75, 3.05) is 5.32 Å². The van der Waals surface area contributed by atoms with Crippen LogP contribution in [0.5, 0.6) is 0 Å². The first-order chi connectivity index (χ1) is 12.6. The van der Waals surface area contributed by atoms with E-state index in [1.54, 1.807) is 11.3 Å². The molecular formula is C19H16N4O2S. The zero-order chi connectivity index (χ0) is 17.8. The summed E-state index contributed by atoms with van der Waals surface area (Å²) >= 11 is 1.61. The number of benzene rings is 1. The van der Waals surface area contributed by atoms with E-state index in [0.717, 1.165) is 39.4 Å². The number of thiazole rings is 1. The number of amides is 1. The second kappa shape index (κ2) is 5.60. The lowest BCUT2D eigenvalue weighted by Crippen LogP contribution is -2.13. The van der Waals surface area contributed by atoms with Crippen LogP contribution >= 0.6 is 11.3 Å². The zero-order valence-corrected chi connectivity index (χ0v) is 15.2. The van der Waals surface area contributed by atoms with Gasteiger partial charge in [-0.25, -0.2) is 9.97 Å². The number of carbonyl (C=O) groups excluding carboxylic acids is 1. The SMILES string of the molecule is Cc1nc2ccc(NC(=O)c3cc(C4CC4)nc4onc(C)c34)cc2s1. The molecule has 3 heterocycles. The first-order valence-electron chi connectivity index (χ1n) is 8.54. The van der Waals surface area contributed by atoms with Gasteiger partial charge in [0.1, 0.15) is 0 Å². The van der Waals surface area contributed by atoms with Crippen molar-refractivity contribution in [3.05, 3.63) is 46.2 Å². The fourth-order valence-electron chi connectivity index (χ4n) is 3.20. The summed E-state index contributed by atoms with van der Waals surface area (Å²) in [6, 6.07) is 7.64. The molecule has 0 radical (unpaired) electrons. The molecular weight excluding hydrogens is 348 g/mol. The number of nitrogens with zero attached hydrogens (tertiary/aromatic N) is 3. The molecule has 130 valence electrons. The smallest absolute Gasteiger partial charge is 0.259 e. The second-order valence-corrected chi connectivity index (χ2v) is 7.92. The molecule has 7 heteroatoms. The summed E-state index contributed by atoms with van der Waals surface area (Å²) in [5, 5.41) is 8.67. The van der Waals surface area contributed by atoms with E-state index in [-0.39, 0.29) is 5.91 Å². The molecule has 1 fully saturated rings. The summed E-state index contributed by atoms with van der Waals surface area (Å²) in [5.41, 5.74) is 4.28. The summed E-state index contributed by atoms with van der Waals surface area (Å²) in [4.78, 5) is 22.0. The van der Waals surface area contributed by atoms with Crippen LogP contribution in [-0.2, 0) is 0 Å². The molecule has 0 unspecified atom stereocenters. The number of anilines is 1. The van der Waals surface area contributed by atoms with Gasteiger partial charge < -0.3 is 9.84 Å². The highest BCUT2D eigenvalue weighted by molar-refractivity contribution is 7.18. The third-order valence-electron chi connectivity index (χ3n) is 4.63. The van der Waals surface area contributed by atoms with Gasteiger partial charge in [0.15, 0.2) is 0 Å². The summed E-state index contributed by atoms with van der Waals surface area (Å²) in [6.45, 7) is 3.80. The maximum Gasteiger partial charge on any atom is 0.259 e. The predicted octanol–water partition coefficient (Wildman–Crippen LogP) is 4.58. The number of rotatable bonds is 3. The average Bonchev–Trinajstić information content (AvgIpc) is 3.31. The number of hydrogen-bond donors (Lipinski definition) is 1. The molecule has 1 aromatic carbocycles. The highest BCUT2D eigenvalue weighted by atomic mass is 32.1. The molecule has 1 aliphatic carbocycles. The van der Waals surface area contributed by atoms with Crippen molar-refractivity contribution in [3.63, 3.8) is 0 Å². The molecule has 3 aromatic heterocycles. The molecule has 26 heavy (non-hydrogen) atoms. The molecule has 5 rings (SSSR count). The number of carbonyl (C=O) groups is 1. The molecule has 0 atom stereocenters. The Morgan fingerprint density at radius 2 is 2.08 bits per heavy atom. The van der Waals surface area contributed by atoms with Crippen LogP contribution in [0.1, 0.15) is 45.5 Å². The quantitative estimate of drug-likeness (QED) is 0.575. The molecule has 0 spiro atoms. The Hall–Kier alpha value is -2.80. The van der Waals surface area contributed by atoms with Crippen LogP contribution in [-0.4, -0.2) is 21.0 Å². The third-order valence-corrected chi connectivity index (χ3v) is 5.56. The number of aromatic nitrogens is 3. The van der Waals surface area contributed by atoms with E-state index >= 15 is 0 Å². The number of hydrogen-bond acceptors (Lipinski definition) is 6. The van der Waals surface area contributed by atoms with E-state index < -0.39 is 0 Å². The topological polar surface area (TPSA) is 80.9 Å². The summed E-state index contributed by atoms with van der Waals surface area (Å²) in [7, 11) is 0. The van der Waals surface area contributed by atoms with Gasteiger partial charge in [0.25, 0.3) is 11.6 Å². The lowest BCUT2D eigenvalue weighted by molar-refractivity contribution is 0.102. The fraction of sp³-hybridized carbons (Fsp3) is 0.263. The van der Waals surface area contributed by atoms with Crippen molar-refractivity contribution in [2.24, 2.45) is 0 Å². The van der Waals surface area contributed by atoms with Crippen molar-refractivity contribution < 1.29 is 9.32 Å². The van der Waals surface area contributed by atoms with Crippen molar-refractivity contribution in [2.45, 2.75) is 32.6 Å². The van der Waals surface area contributed by atoms with E-state index in [1.165, 1.54) is 0 Å². The van der Waals surface area contributed by atoms with Gasteiger partial charge in [0.05, 0.1) is 31.9 Å². The first kappa shape index (κ1) is 15.5. The van der Waals surface area contributed by atoms with Gasteiger partial charge in [-0.05, 0) is 51.0 Å². The fourth-order valence-corrected chi connectivity index (χ4v) is 4.06. The van der Waals surface area contributed by atoms with Crippen molar-refractivity contribution >= 4 is 44.2 Å². The highest BCUT2D eigenvalue weighted by Crippen LogP contribution is 2.40. The second-order valence-electron chi connectivity index (χ2n) is 6.69. The Morgan fingerprint density at radius 3 is 2.88 bits per heavy atom. The van der Waals surface area contributed by atoms with Crippen LogP contribution in [0.25, 0.3) is 21.3 Å². The van der Waals surface area contributed by atoms with Gasteiger partial charge in [-0.3, -0.25) is 4.79 Å². The Morgan fingerprint density at radius 1 is 1.23 bits per heavy atom. The molecule has 1 amide bonds. The monoisotopic (exact) mass is 364 g/mol. The largest absolute Gasteiger partial charge is 0.336 e. The minimum Gasteiger partial charge on any atom is -0.336 e. The van der Waals surface area contributed by atoms with Crippen molar-refractivity contribution in [1.29, 1.82) is 0 Å². The van der Waals surface area contributed by atoms with Crippen LogP contribution in [0, 0.1) is 13.8 Å². The van der Waals surface area contributed by atoms with E-state index in [4.69, 9.17) is 4.52 Å². The van der Waals surface area contributed by atoms with Crippen LogP contribution < -0.4 is 5.32 Å². The Balaban J connectivity index is 1.55. The summed E-state index contributed by atoms with van der Waals surface area (Å²) < 4.78 is 6.38. The van der Waals surface area contributed by atoms with Gasteiger partial charge >= 0.3 is 0 Å². The summed E-state index contributed by atoms with van der Waals surface area (Å²) in [5.74, 6) is 0.249. The molecule has 1 aliphatic rings. The van der Waals surface area contributed by atoms with Crippen LogP contribution in [0.2, 0.25) is 0 Å². The predicted molar refractivity (Wildman–Crippen MR) is 101 cm³/mol.